The maximum atomic E-state index is 10.8. The molecule has 0 bridgehead atoms. The average Bonchev–Trinajstić information content (AvgIpc) is 3.05. The predicted molar refractivity (Wildman–Crippen MR) is 90.4 cm³/mol. The van der Waals surface area contributed by atoms with E-state index in [1.807, 2.05) is 35.9 Å². The molecule has 0 saturated carbocycles. The Labute approximate surface area is 138 Å². The molecule has 2 heterocycles. The van der Waals surface area contributed by atoms with Crippen LogP contribution in [0.1, 0.15) is 24.3 Å². The smallest absolute Gasteiger partial charge is 0.308 e. The number of fused-ring (bicyclic) bond motifs is 1. The number of carboxylic acids is 1. The first-order valence-electron chi connectivity index (χ1n) is 7.56. The first kappa shape index (κ1) is 15.6. The highest BCUT2D eigenvalue weighted by Crippen LogP contribution is 2.28. The van der Waals surface area contributed by atoms with Crippen molar-refractivity contribution in [1.29, 1.82) is 0 Å². The van der Waals surface area contributed by atoms with Crippen LogP contribution >= 0.6 is 11.3 Å². The summed E-state index contributed by atoms with van der Waals surface area (Å²) in [5, 5.41) is 8.85. The van der Waals surface area contributed by atoms with E-state index in [-0.39, 0.29) is 6.42 Å². The summed E-state index contributed by atoms with van der Waals surface area (Å²) >= 11 is 1.41. The van der Waals surface area contributed by atoms with Crippen LogP contribution in [0.5, 0.6) is 5.75 Å². The quantitative estimate of drug-likeness (QED) is 0.749. The Kier molecular flexibility index (Phi) is 4.34. The maximum Gasteiger partial charge on any atom is 0.308 e. The molecule has 3 rings (SSSR count). The second kappa shape index (κ2) is 6.42. The van der Waals surface area contributed by atoms with Crippen LogP contribution in [-0.2, 0) is 17.6 Å². The van der Waals surface area contributed by atoms with Gasteiger partial charge in [-0.3, -0.25) is 9.20 Å². The van der Waals surface area contributed by atoms with E-state index < -0.39 is 5.97 Å². The van der Waals surface area contributed by atoms with Crippen LogP contribution < -0.4 is 4.74 Å². The number of carbonyl (C=O) groups is 1. The SMILES string of the molecule is CCOc1ccc(-c2cn3cc(CC(=O)O)sc3n2)cc1CC. The molecule has 23 heavy (non-hydrogen) atoms. The highest BCUT2D eigenvalue weighted by atomic mass is 32.1. The van der Waals surface area contributed by atoms with Gasteiger partial charge in [0.05, 0.1) is 18.7 Å². The molecule has 120 valence electrons. The fourth-order valence-corrected chi connectivity index (χ4v) is 3.48. The monoisotopic (exact) mass is 330 g/mol. The van der Waals surface area contributed by atoms with Crippen LogP contribution in [0.15, 0.2) is 30.6 Å². The Balaban J connectivity index is 1.93. The van der Waals surface area contributed by atoms with Gasteiger partial charge in [0.2, 0.25) is 0 Å². The molecular formula is C17H18N2O3S. The van der Waals surface area contributed by atoms with Crippen molar-refractivity contribution in [3.05, 3.63) is 41.0 Å². The highest BCUT2D eigenvalue weighted by Gasteiger charge is 2.12. The highest BCUT2D eigenvalue weighted by molar-refractivity contribution is 7.17. The summed E-state index contributed by atoms with van der Waals surface area (Å²) in [6.07, 6.45) is 4.70. The summed E-state index contributed by atoms with van der Waals surface area (Å²) < 4.78 is 7.53. The Morgan fingerprint density at radius 1 is 1.35 bits per heavy atom. The van der Waals surface area contributed by atoms with Gasteiger partial charge < -0.3 is 9.84 Å². The second-order valence-electron chi connectivity index (χ2n) is 5.19. The number of imidazole rings is 1. The van der Waals surface area contributed by atoms with Gasteiger partial charge >= 0.3 is 5.97 Å². The minimum Gasteiger partial charge on any atom is -0.494 e. The molecule has 6 heteroatoms. The van der Waals surface area contributed by atoms with Gasteiger partial charge in [-0.2, -0.15) is 0 Å². The van der Waals surface area contributed by atoms with Crippen molar-refractivity contribution in [3.8, 4) is 17.0 Å². The van der Waals surface area contributed by atoms with Gasteiger partial charge in [0.25, 0.3) is 0 Å². The lowest BCUT2D eigenvalue weighted by atomic mass is 10.1. The van der Waals surface area contributed by atoms with Gasteiger partial charge in [-0.05, 0) is 37.1 Å². The number of hydrogen-bond acceptors (Lipinski definition) is 4. The van der Waals surface area contributed by atoms with Crippen LogP contribution in [0.2, 0.25) is 0 Å². The fourth-order valence-electron chi connectivity index (χ4n) is 2.52. The molecule has 0 atom stereocenters. The number of ether oxygens (including phenoxy) is 1. The number of aliphatic carboxylic acids is 1. The van der Waals surface area contributed by atoms with Gasteiger partial charge in [-0.25, -0.2) is 4.98 Å². The fraction of sp³-hybridized carbons (Fsp3) is 0.294. The normalized spacial score (nSPS) is 11.0. The van der Waals surface area contributed by atoms with E-state index in [0.717, 1.165) is 38.8 Å². The number of hydrogen-bond donors (Lipinski definition) is 1. The van der Waals surface area contributed by atoms with Gasteiger partial charge in [-0.15, -0.1) is 11.3 Å². The van der Waals surface area contributed by atoms with Crippen LogP contribution in [0.25, 0.3) is 16.2 Å². The first-order chi connectivity index (χ1) is 11.1. The Morgan fingerprint density at radius 3 is 2.83 bits per heavy atom. The molecule has 0 fully saturated rings. The summed E-state index contributed by atoms with van der Waals surface area (Å²) in [5.74, 6) is 0.0948. The molecule has 0 unspecified atom stereocenters. The lowest BCUT2D eigenvalue weighted by molar-refractivity contribution is -0.136. The van der Waals surface area contributed by atoms with Crippen molar-refractivity contribution in [2.45, 2.75) is 26.7 Å². The van der Waals surface area contributed by atoms with E-state index in [4.69, 9.17) is 9.84 Å². The largest absolute Gasteiger partial charge is 0.494 e. The molecule has 0 amide bonds. The molecule has 0 aliphatic heterocycles. The lowest BCUT2D eigenvalue weighted by Crippen LogP contribution is -1.97. The number of rotatable bonds is 6. The minimum absolute atomic E-state index is 0.0341. The Bertz CT molecular complexity index is 819. The molecule has 0 radical (unpaired) electrons. The van der Waals surface area contributed by atoms with Crippen molar-refractivity contribution < 1.29 is 14.6 Å². The van der Waals surface area contributed by atoms with Crippen molar-refractivity contribution in [3.63, 3.8) is 0 Å². The van der Waals surface area contributed by atoms with Gasteiger partial charge in [0, 0.05) is 22.8 Å². The summed E-state index contributed by atoms with van der Waals surface area (Å²) in [7, 11) is 0. The van der Waals surface area contributed by atoms with Crippen LogP contribution in [-0.4, -0.2) is 27.1 Å². The van der Waals surface area contributed by atoms with E-state index in [1.165, 1.54) is 11.3 Å². The molecule has 5 nitrogen and oxygen atoms in total. The summed E-state index contributed by atoms with van der Waals surface area (Å²) in [4.78, 5) is 17.0. The van der Waals surface area contributed by atoms with E-state index in [9.17, 15) is 4.79 Å². The Morgan fingerprint density at radius 2 is 2.17 bits per heavy atom. The third-order valence-corrected chi connectivity index (χ3v) is 4.56. The number of benzene rings is 1. The lowest BCUT2D eigenvalue weighted by Gasteiger charge is -2.09. The van der Waals surface area contributed by atoms with E-state index >= 15 is 0 Å². The summed E-state index contributed by atoms with van der Waals surface area (Å²) in [5.41, 5.74) is 3.09. The number of nitrogens with zero attached hydrogens (tertiary/aromatic N) is 2. The van der Waals surface area contributed by atoms with Crippen molar-refractivity contribution in [1.82, 2.24) is 9.38 Å². The van der Waals surface area contributed by atoms with Crippen molar-refractivity contribution >= 4 is 22.3 Å². The molecule has 0 saturated heterocycles. The van der Waals surface area contributed by atoms with E-state index in [1.54, 1.807) is 0 Å². The standard InChI is InChI=1S/C17H18N2O3S/c1-3-11-7-12(5-6-15(11)22-4-2)14-10-19-9-13(8-16(20)21)23-17(19)18-14/h5-7,9-10H,3-4,8H2,1-2H3,(H,20,21). The molecule has 2 aromatic heterocycles. The molecular weight excluding hydrogens is 312 g/mol. The van der Waals surface area contributed by atoms with Crippen molar-refractivity contribution in [2.75, 3.05) is 6.61 Å². The van der Waals surface area contributed by atoms with Crippen molar-refractivity contribution in [2.24, 2.45) is 0 Å². The molecule has 1 aromatic carbocycles. The third-order valence-electron chi connectivity index (χ3n) is 3.57. The number of thiazole rings is 1. The Hall–Kier alpha value is -2.34. The third kappa shape index (κ3) is 3.22. The van der Waals surface area contributed by atoms with Gasteiger partial charge in [0.15, 0.2) is 4.96 Å². The maximum absolute atomic E-state index is 10.8. The zero-order valence-corrected chi connectivity index (χ0v) is 13.9. The molecule has 1 N–H and O–H groups in total. The number of aryl methyl sites for hydroxylation is 1. The second-order valence-corrected chi connectivity index (χ2v) is 6.29. The molecule has 0 aliphatic rings. The summed E-state index contributed by atoms with van der Waals surface area (Å²) in [6, 6.07) is 6.10. The van der Waals surface area contributed by atoms with Crippen LogP contribution in [0.3, 0.4) is 0 Å². The topological polar surface area (TPSA) is 63.8 Å². The number of aromatic nitrogens is 2. The number of carboxylic acid groups (broad SMARTS) is 1. The van der Waals surface area contributed by atoms with Crippen LogP contribution in [0, 0.1) is 0 Å². The minimum atomic E-state index is -0.825. The predicted octanol–water partition coefficient (Wildman–Crippen LogP) is 3.65. The average molecular weight is 330 g/mol. The first-order valence-corrected chi connectivity index (χ1v) is 8.37. The van der Waals surface area contributed by atoms with Crippen LogP contribution in [0.4, 0.5) is 0 Å². The molecule has 3 aromatic rings. The molecule has 0 aliphatic carbocycles. The van der Waals surface area contributed by atoms with Gasteiger partial charge in [-0.1, -0.05) is 6.92 Å². The molecule has 0 spiro atoms. The zero-order valence-electron chi connectivity index (χ0n) is 13.1. The summed E-state index contributed by atoms with van der Waals surface area (Å²) in [6.45, 7) is 4.73. The van der Waals surface area contributed by atoms with E-state index in [2.05, 4.69) is 18.0 Å². The zero-order chi connectivity index (χ0) is 16.4. The van der Waals surface area contributed by atoms with Gasteiger partial charge in [0.1, 0.15) is 5.75 Å². The van der Waals surface area contributed by atoms with E-state index in [0.29, 0.717) is 6.61 Å².